The Labute approximate surface area is 118 Å². The minimum Gasteiger partial charge on any atom is -0.437 e. The fraction of sp³-hybridized carbons (Fsp3) is 0.400. The van der Waals surface area contributed by atoms with Crippen LogP contribution in [-0.4, -0.2) is 23.4 Å². The van der Waals surface area contributed by atoms with Gasteiger partial charge in [0, 0.05) is 29.2 Å². The number of aromatic nitrogens is 1. The van der Waals surface area contributed by atoms with Crippen molar-refractivity contribution in [3.8, 4) is 5.75 Å². The SMILES string of the molecule is COC(=O)Oc1ccc2c(ccn2CCC(C)(C)N)c1. The molecule has 0 atom stereocenters. The molecule has 1 aromatic heterocycles. The largest absolute Gasteiger partial charge is 0.513 e. The zero-order chi connectivity index (χ0) is 14.8. The topological polar surface area (TPSA) is 66.5 Å². The number of ether oxygens (including phenoxy) is 2. The molecule has 2 rings (SSSR count). The highest BCUT2D eigenvalue weighted by atomic mass is 16.7. The van der Waals surface area contributed by atoms with Gasteiger partial charge in [0.1, 0.15) is 5.75 Å². The Bertz CT molecular complexity index is 611. The van der Waals surface area contributed by atoms with Crippen LogP contribution < -0.4 is 10.5 Å². The van der Waals surface area contributed by atoms with Crippen LogP contribution in [0.5, 0.6) is 5.75 Å². The van der Waals surface area contributed by atoms with Crippen molar-refractivity contribution in [3.05, 3.63) is 30.5 Å². The van der Waals surface area contributed by atoms with E-state index in [4.69, 9.17) is 10.5 Å². The second kappa shape index (κ2) is 5.54. The molecule has 0 bridgehead atoms. The molecular formula is C15H20N2O3. The highest BCUT2D eigenvalue weighted by Gasteiger charge is 2.12. The van der Waals surface area contributed by atoms with Crippen LogP contribution in [0.2, 0.25) is 0 Å². The van der Waals surface area contributed by atoms with E-state index in [0.717, 1.165) is 23.9 Å². The second-order valence-electron chi connectivity index (χ2n) is 5.52. The van der Waals surface area contributed by atoms with E-state index in [2.05, 4.69) is 9.30 Å². The van der Waals surface area contributed by atoms with E-state index >= 15 is 0 Å². The van der Waals surface area contributed by atoms with Crippen molar-refractivity contribution in [2.45, 2.75) is 32.4 Å². The first-order valence-electron chi connectivity index (χ1n) is 6.53. The molecule has 1 aromatic carbocycles. The molecule has 20 heavy (non-hydrogen) atoms. The summed E-state index contributed by atoms with van der Waals surface area (Å²) in [6.45, 7) is 4.88. The number of aryl methyl sites for hydroxylation is 1. The van der Waals surface area contributed by atoms with Crippen molar-refractivity contribution in [2.24, 2.45) is 5.73 Å². The summed E-state index contributed by atoms with van der Waals surface area (Å²) < 4.78 is 11.6. The van der Waals surface area contributed by atoms with Crippen molar-refractivity contribution in [1.82, 2.24) is 4.57 Å². The van der Waals surface area contributed by atoms with Gasteiger partial charge in [-0.1, -0.05) is 0 Å². The van der Waals surface area contributed by atoms with Crippen molar-refractivity contribution in [3.63, 3.8) is 0 Å². The van der Waals surface area contributed by atoms with Gasteiger partial charge in [-0.25, -0.2) is 4.79 Å². The van der Waals surface area contributed by atoms with Gasteiger partial charge in [-0.15, -0.1) is 0 Å². The summed E-state index contributed by atoms with van der Waals surface area (Å²) >= 11 is 0. The zero-order valence-electron chi connectivity index (χ0n) is 12.1. The van der Waals surface area contributed by atoms with Gasteiger partial charge >= 0.3 is 6.16 Å². The highest BCUT2D eigenvalue weighted by Crippen LogP contribution is 2.23. The molecule has 2 aromatic rings. The summed E-state index contributed by atoms with van der Waals surface area (Å²) in [7, 11) is 1.28. The molecule has 5 nitrogen and oxygen atoms in total. The van der Waals surface area contributed by atoms with Gasteiger partial charge < -0.3 is 19.8 Å². The number of fused-ring (bicyclic) bond motifs is 1. The summed E-state index contributed by atoms with van der Waals surface area (Å²) in [6.07, 6.45) is 2.18. The first kappa shape index (κ1) is 14.4. The predicted molar refractivity (Wildman–Crippen MR) is 77.9 cm³/mol. The molecule has 0 fully saturated rings. The summed E-state index contributed by atoms with van der Waals surface area (Å²) in [4.78, 5) is 11.1. The molecular weight excluding hydrogens is 256 g/mol. The van der Waals surface area contributed by atoms with Crippen LogP contribution in [0.1, 0.15) is 20.3 Å². The first-order chi connectivity index (χ1) is 9.39. The second-order valence-corrected chi connectivity index (χ2v) is 5.52. The number of nitrogens with zero attached hydrogens (tertiary/aromatic N) is 1. The molecule has 0 aliphatic carbocycles. The molecule has 108 valence electrons. The minimum absolute atomic E-state index is 0.190. The van der Waals surface area contributed by atoms with E-state index in [1.165, 1.54) is 7.11 Å². The summed E-state index contributed by atoms with van der Waals surface area (Å²) in [5, 5.41) is 1.02. The number of methoxy groups -OCH3 is 1. The Balaban J connectivity index is 2.18. The minimum atomic E-state index is -0.714. The Morgan fingerprint density at radius 2 is 2.10 bits per heavy atom. The summed E-state index contributed by atoms with van der Waals surface area (Å²) in [5.74, 6) is 0.473. The van der Waals surface area contributed by atoms with E-state index in [0.29, 0.717) is 5.75 Å². The fourth-order valence-corrected chi connectivity index (χ4v) is 1.98. The molecule has 0 saturated heterocycles. The van der Waals surface area contributed by atoms with Crippen molar-refractivity contribution in [1.29, 1.82) is 0 Å². The van der Waals surface area contributed by atoms with Gasteiger partial charge in [0.2, 0.25) is 0 Å². The summed E-state index contributed by atoms with van der Waals surface area (Å²) in [5.41, 5.74) is 6.91. The van der Waals surface area contributed by atoms with Gasteiger partial charge in [-0.2, -0.15) is 0 Å². The third-order valence-corrected chi connectivity index (χ3v) is 3.11. The molecule has 0 unspecified atom stereocenters. The molecule has 0 amide bonds. The van der Waals surface area contributed by atoms with Crippen molar-refractivity contribution in [2.75, 3.05) is 7.11 Å². The Kier molecular flexibility index (Phi) is 3.99. The van der Waals surface area contributed by atoms with Crippen LogP contribution in [0.15, 0.2) is 30.5 Å². The van der Waals surface area contributed by atoms with E-state index in [1.807, 2.05) is 38.2 Å². The molecule has 5 heteroatoms. The van der Waals surface area contributed by atoms with Crippen molar-refractivity contribution >= 4 is 17.1 Å². The first-order valence-corrected chi connectivity index (χ1v) is 6.53. The number of carbonyl (C=O) groups excluding carboxylic acids is 1. The lowest BCUT2D eigenvalue weighted by atomic mass is 10.0. The molecule has 2 N–H and O–H groups in total. The lowest BCUT2D eigenvalue weighted by molar-refractivity contribution is 0.121. The standard InChI is InChI=1S/C15H20N2O3/c1-15(2,16)7-9-17-8-6-11-10-12(4-5-13(11)17)20-14(18)19-3/h4-6,8,10H,7,9,16H2,1-3H3. The van der Waals surface area contributed by atoms with Gasteiger partial charge in [0.25, 0.3) is 0 Å². The Hall–Kier alpha value is -2.01. The number of benzene rings is 1. The number of hydrogen-bond acceptors (Lipinski definition) is 4. The van der Waals surface area contributed by atoms with Gasteiger partial charge in [-0.3, -0.25) is 0 Å². The average molecular weight is 276 g/mol. The third-order valence-electron chi connectivity index (χ3n) is 3.11. The smallest absolute Gasteiger partial charge is 0.437 e. The quantitative estimate of drug-likeness (QED) is 0.688. The van der Waals surface area contributed by atoms with E-state index in [9.17, 15) is 4.79 Å². The van der Waals surface area contributed by atoms with E-state index in [1.54, 1.807) is 6.07 Å². The van der Waals surface area contributed by atoms with Gasteiger partial charge in [0.05, 0.1) is 7.11 Å². The van der Waals surface area contributed by atoms with Crippen LogP contribution in [0.4, 0.5) is 4.79 Å². The highest BCUT2D eigenvalue weighted by molar-refractivity contribution is 5.82. The molecule has 0 radical (unpaired) electrons. The number of rotatable bonds is 4. The van der Waals surface area contributed by atoms with Crippen LogP contribution in [-0.2, 0) is 11.3 Å². The van der Waals surface area contributed by atoms with Crippen LogP contribution in [0.25, 0.3) is 10.9 Å². The van der Waals surface area contributed by atoms with Crippen LogP contribution >= 0.6 is 0 Å². The Morgan fingerprint density at radius 3 is 2.75 bits per heavy atom. The monoisotopic (exact) mass is 276 g/mol. The molecule has 0 aliphatic heterocycles. The average Bonchev–Trinajstić information content (AvgIpc) is 2.77. The molecule has 0 saturated carbocycles. The number of hydrogen-bond donors (Lipinski definition) is 1. The van der Waals surface area contributed by atoms with Crippen LogP contribution in [0, 0.1) is 0 Å². The zero-order valence-corrected chi connectivity index (χ0v) is 12.1. The lowest BCUT2D eigenvalue weighted by Crippen LogP contribution is -2.33. The number of nitrogens with two attached hydrogens (primary N) is 1. The normalized spacial score (nSPS) is 11.6. The van der Waals surface area contributed by atoms with E-state index < -0.39 is 6.16 Å². The maximum atomic E-state index is 11.1. The number of carbonyl (C=O) groups is 1. The molecule has 0 spiro atoms. The predicted octanol–water partition coefficient (Wildman–Crippen LogP) is 2.91. The maximum Gasteiger partial charge on any atom is 0.513 e. The van der Waals surface area contributed by atoms with E-state index in [-0.39, 0.29) is 5.54 Å². The fourth-order valence-electron chi connectivity index (χ4n) is 1.98. The maximum absolute atomic E-state index is 11.1. The van der Waals surface area contributed by atoms with Crippen LogP contribution in [0.3, 0.4) is 0 Å². The summed E-state index contributed by atoms with van der Waals surface area (Å²) in [6, 6.07) is 7.49. The molecule has 0 aliphatic rings. The lowest BCUT2D eigenvalue weighted by Gasteiger charge is -2.18. The molecule has 1 heterocycles. The van der Waals surface area contributed by atoms with Crippen molar-refractivity contribution < 1.29 is 14.3 Å². The van der Waals surface area contributed by atoms with Gasteiger partial charge in [-0.05, 0) is 44.5 Å². The third kappa shape index (κ3) is 3.51. The van der Waals surface area contributed by atoms with Gasteiger partial charge in [0.15, 0.2) is 0 Å². The Morgan fingerprint density at radius 1 is 1.35 bits per heavy atom.